The number of aryl methyl sites for hydroxylation is 1. The molecule has 0 unspecified atom stereocenters. The summed E-state index contributed by atoms with van der Waals surface area (Å²) in [6.07, 6.45) is 0.0914. The van der Waals surface area contributed by atoms with Crippen LogP contribution in [-0.2, 0) is 6.42 Å². The Bertz CT molecular complexity index is 665. The molecule has 2 aromatic rings. The molecule has 2 aromatic carbocycles. The zero-order valence-electron chi connectivity index (χ0n) is 12.3. The fourth-order valence-corrected chi connectivity index (χ4v) is 2.16. The molecular weight excluding hydrogens is 271 g/mol. The minimum atomic E-state index is -0.578. The highest BCUT2D eigenvalue weighted by molar-refractivity contribution is 5.98. The third kappa shape index (κ3) is 3.40. The number of hydrogen-bond acceptors (Lipinski definition) is 3. The maximum absolute atomic E-state index is 13.9. The van der Waals surface area contributed by atoms with Crippen LogP contribution < -0.4 is 9.47 Å². The third-order valence-electron chi connectivity index (χ3n) is 3.26. The molecule has 2 rings (SSSR count). The number of Topliss-reactive ketones (excluding diaryl/α,β-unsaturated/α-hetero) is 1. The Morgan fingerprint density at radius 3 is 2.48 bits per heavy atom. The fourth-order valence-electron chi connectivity index (χ4n) is 2.16. The van der Waals surface area contributed by atoms with Gasteiger partial charge in [0, 0.05) is 18.1 Å². The maximum atomic E-state index is 13.9. The summed E-state index contributed by atoms with van der Waals surface area (Å²) >= 11 is 0. The molecule has 0 amide bonds. The summed E-state index contributed by atoms with van der Waals surface area (Å²) in [7, 11) is 3.00. The average Bonchev–Trinajstić information content (AvgIpc) is 2.47. The van der Waals surface area contributed by atoms with Gasteiger partial charge in [0.2, 0.25) is 0 Å². The van der Waals surface area contributed by atoms with Gasteiger partial charge in [0.1, 0.15) is 17.3 Å². The van der Waals surface area contributed by atoms with Crippen LogP contribution in [-0.4, -0.2) is 20.0 Å². The zero-order chi connectivity index (χ0) is 15.4. The minimum absolute atomic E-state index is 0.0550. The first kappa shape index (κ1) is 15.0. The Labute approximate surface area is 123 Å². The van der Waals surface area contributed by atoms with Gasteiger partial charge in [-0.3, -0.25) is 4.79 Å². The number of ether oxygens (including phenoxy) is 2. The molecule has 0 spiro atoms. The van der Waals surface area contributed by atoms with Crippen molar-refractivity contribution in [3.63, 3.8) is 0 Å². The highest BCUT2D eigenvalue weighted by atomic mass is 19.1. The SMILES string of the molecule is COc1ccc(C(=O)Cc2cc(C)ccc2OC)c(F)c1. The minimum Gasteiger partial charge on any atom is -0.497 e. The quantitative estimate of drug-likeness (QED) is 0.789. The van der Waals surface area contributed by atoms with E-state index in [0.717, 1.165) is 11.1 Å². The average molecular weight is 288 g/mol. The molecule has 3 nitrogen and oxygen atoms in total. The molecule has 0 N–H and O–H groups in total. The van der Waals surface area contributed by atoms with Crippen LogP contribution in [0.5, 0.6) is 11.5 Å². The second-order valence-electron chi connectivity index (χ2n) is 4.76. The molecule has 21 heavy (non-hydrogen) atoms. The van der Waals surface area contributed by atoms with Crippen molar-refractivity contribution in [2.75, 3.05) is 14.2 Å². The Kier molecular flexibility index (Phi) is 4.58. The van der Waals surface area contributed by atoms with Gasteiger partial charge < -0.3 is 9.47 Å². The summed E-state index contributed by atoms with van der Waals surface area (Å²) in [4.78, 5) is 12.3. The van der Waals surface area contributed by atoms with Crippen LogP contribution in [0.15, 0.2) is 36.4 Å². The van der Waals surface area contributed by atoms with Crippen molar-refractivity contribution in [3.05, 3.63) is 58.9 Å². The summed E-state index contributed by atoms with van der Waals surface area (Å²) in [5.74, 6) is 0.144. The monoisotopic (exact) mass is 288 g/mol. The van der Waals surface area contributed by atoms with Crippen LogP contribution in [0.2, 0.25) is 0 Å². The predicted molar refractivity (Wildman–Crippen MR) is 78.7 cm³/mol. The van der Waals surface area contributed by atoms with E-state index in [-0.39, 0.29) is 17.8 Å². The smallest absolute Gasteiger partial charge is 0.170 e. The van der Waals surface area contributed by atoms with Crippen molar-refractivity contribution in [3.8, 4) is 11.5 Å². The van der Waals surface area contributed by atoms with Gasteiger partial charge in [-0.2, -0.15) is 0 Å². The molecule has 0 bridgehead atoms. The fraction of sp³-hybridized carbons (Fsp3) is 0.235. The Morgan fingerprint density at radius 2 is 1.86 bits per heavy atom. The number of halogens is 1. The van der Waals surface area contributed by atoms with E-state index in [9.17, 15) is 9.18 Å². The van der Waals surface area contributed by atoms with Crippen molar-refractivity contribution in [2.24, 2.45) is 0 Å². The molecule has 0 atom stereocenters. The van der Waals surface area contributed by atoms with Crippen LogP contribution in [0.25, 0.3) is 0 Å². The van der Waals surface area contributed by atoms with Crippen LogP contribution >= 0.6 is 0 Å². The highest BCUT2D eigenvalue weighted by Gasteiger charge is 2.15. The van der Waals surface area contributed by atoms with E-state index in [1.165, 1.54) is 19.2 Å². The first-order valence-corrected chi connectivity index (χ1v) is 6.55. The topological polar surface area (TPSA) is 35.5 Å². The summed E-state index contributed by atoms with van der Waals surface area (Å²) < 4.78 is 24.1. The molecule has 0 aliphatic carbocycles. The zero-order valence-corrected chi connectivity index (χ0v) is 12.3. The van der Waals surface area contributed by atoms with Crippen molar-refractivity contribution >= 4 is 5.78 Å². The van der Waals surface area contributed by atoms with Gasteiger partial charge in [-0.15, -0.1) is 0 Å². The Morgan fingerprint density at radius 1 is 1.10 bits per heavy atom. The number of carbonyl (C=O) groups is 1. The van der Waals surface area contributed by atoms with E-state index < -0.39 is 5.82 Å². The molecule has 0 aromatic heterocycles. The van der Waals surface area contributed by atoms with Crippen LogP contribution in [0, 0.1) is 12.7 Å². The highest BCUT2D eigenvalue weighted by Crippen LogP contribution is 2.23. The first-order valence-electron chi connectivity index (χ1n) is 6.55. The third-order valence-corrected chi connectivity index (χ3v) is 3.26. The molecule has 0 heterocycles. The lowest BCUT2D eigenvalue weighted by Gasteiger charge is -2.10. The second kappa shape index (κ2) is 6.39. The molecule has 0 saturated heterocycles. The standard InChI is InChI=1S/C17H17FO3/c1-11-4-7-17(21-3)12(8-11)9-16(19)14-6-5-13(20-2)10-15(14)18/h4-8,10H,9H2,1-3H3. The van der Waals surface area contributed by atoms with E-state index >= 15 is 0 Å². The van der Waals surface area contributed by atoms with Crippen molar-refractivity contribution in [1.82, 2.24) is 0 Å². The van der Waals surface area contributed by atoms with Gasteiger partial charge >= 0.3 is 0 Å². The van der Waals surface area contributed by atoms with Gasteiger partial charge in [-0.1, -0.05) is 17.7 Å². The van der Waals surface area contributed by atoms with E-state index in [2.05, 4.69) is 0 Å². The van der Waals surface area contributed by atoms with E-state index in [4.69, 9.17) is 9.47 Å². The van der Waals surface area contributed by atoms with Gasteiger partial charge in [0.05, 0.1) is 19.8 Å². The molecule has 0 aliphatic heterocycles. The lowest BCUT2D eigenvalue weighted by molar-refractivity contribution is 0.0988. The lowest BCUT2D eigenvalue weighted by Crippen LogP contribution is -2.07. The Balaban J connectivity index is 2.28. The van der Waals surface area contributed by atoms with Crippen molar-refractivity contribution in [1.29, 1.82) is 0 Å². The number of ketones is 1. The summed E-state index contributed by atoms with van der Waals surface area (Å²) in [6, 6.07) is 9.81. The first-order chi connectivity index (χ1) is 10.0. The predicted octanol–water partition coefficient (Wildman–Crippen LogP) is 3.58. The largest absolute Gasteiger partial charge is 0.497 e. The van der Waals surface area contributed by atoms with Gasteiger partial charge in [0.15, 0.2) is 5.78 Å². The summed E-state index contributed by atoms with van der Waals surface area (Å²) in [5, 5.41) is 0. The molecule has 110 valence electrons. The molecular formula is C17H17FO3. The second-order valence-corrected chi connectivity index (χ2v) is 4.76. The maximum Gasteiger partial charge on any atom is 0.170 e. The number of hydrogen-bond donors (Lipinski definition) is 0. The van der Waals surface area contributed by atoms with Crippen LogP contribution in [0.4, 0.5) is 4.39 Å². The van der Waals surface area contributed by atoms with E-state index in [1.54, 1.807) is 13.2 Å². The van der Waals surface area contributed by atoms with E-state index in [1.807, 2.05) is 25.1 Å². The number of carbonyl (C=O) groups excluding carboxylic acids is 1. The molecule has 0 saturated carbocycles. The van der Waals surface area contributed by atoms with Crippen LogP contribution in [0.3, 0.4) is 0 Å². The number of benzene rings is 2. The molecule has 0 aliphatic rings. The summed E-state index contributed by atoms with van der Waals surface area (Å²) in [6.45, 7) is 1.93. The molecule has 0 radical (unpaired) electrons. The lowest BCUT2D eigenvalue weighted by atomic mass is 10.0. The van der Waals surface area contributed by atoms with Crippen molar-refractivity contribution < 1.29 is 18.7 Å². The molecule has 4 heteroatoms. The van der Waals surface area contributed by atoms with Crippen LogP contribution in [0.1, 0.15) is 21.5 Å². The van der Waals surface area contributed by atoms with Gasteiger partial charge in [-0.05, 0) is 25.1 Å². The van der Waals surface area contributed by atoms with Gasteiger partial charge in [-0.25, -0.2) is 4.39 Å². The number of rotatable bonds is 5. The van der Waals surface area contributed by atoms with Gasteiger partial charge in [0.25, 0.3) is 0 Å². The number of methoxy groups -OCH3 is 2. The summed E-state index contributed by atoms with van der Waals surface area (Å²) in [5.41, 5.74) is 1.82. The normalized spacial score (nSPS) is 10.3. The Hall–Kier alpha value is -2.36. The van der Waals surface area contributed by atoms with Crippen molar-refractivity contribution in [2.45, 2.75) is 13.3 Å². The van der Waals surface area contributed by atoms with E-state index in [0.29, 0.717) is 11.5 Å². The molecule has 0 fully saturated rings.